The summed E-state index contributed by atoms with van der Waals surface area (Å²) in [5.74, 6) is 3.68. The molecule has 0 saturated carbocycles. The standard InChI is InChI=1S/C53H71N9O7/c1-13-61-41-19-18-34-26-37(41)38(47(61)36-16-14-23-54-45(36)32(2)3)28-52(6,7)31-68-51(67)39-17-15-24-62(57-39)50(66)40(27-43-55-29-42(34)69-43)56-48(64)46(33(4)5)59(12)49(65)35-21-25-60(30-35)44(63)20-22-53(8,9)58(10)11/h14,16,18-19,23,26,29,32-33,35,39-40,46,57H,13,15,17,21,24-25,27-28,30-31H2,1-12H3,(H,56,64)/t35-,39-,40-,46-/m0/s1. The Morgan fingerprint density at radius 3 is 2.49 bits per heavy atom. The van der Waals surface area contributed by atoms with Crippen molar-refractivity contribution < 1.29 is 33.1 Å². The summed E-state index contributed by atoms with van der Waals surface area (Å²) < 4.78 is 14.9. The highest BCUT2D eigenvalue weighted by Gasteiger charge is 2.41. The fraction of sp³-hybridized carbons (Fsp3) is 0.566. The molecule has 4 aromatic rings. The average molecular weight is 946 g/mol. The van der Waals surface area contributed by atoms with E-state index in [2.05, 4.69) is 85.0 Å². The Morgan fingerprint density at radius 1 is 1.04 bits per heavy atom. The first-order chi connectivity index (χ1) is 32.6. The molecule has 3 aliphatic heterocycles. The first-order valence-corrected chi connectivity index (χ1v) is 24.5. The van der Waals surface area contributed by atoms with Gasteiger partial charge in [0.2, 0.25) is 11.8 Å². The summed E-state index contributed by atoms with van der Waals surface area (Å²) in [5, 5.41) is 5.38. The van der Waals surface area contributed by atoms with Crippen LogP contribution in [0.3, 0.4) is 0 Å². The number of likely N-dealkylation sites (tertiary alicyclic amines) is 1. The SMILES string of the molecule is CCn1c(-c2cccnc2C(C)C)c2c3cc(ccc31)-c1cnc(o1)C[C@H](NC(=O)[C@H](C(C)C)N(C)C(=O)[C@H]1CCN(C(=O)C#CC(C)(C)N(C)C)C1)C(=O)N1CCC[C@H](N1)C(=O)OCC(C)(C)C2. The van der Waals surface area contributed by atoms with E-state index in [4.69, 9.17) is 14.1 Å². The number of carbonyl (C=O) groups excluding carboxylic acids is 5. The van der Waals surface area contributed by atoms with Gasteiger partial charge in [0, 0.05) is 66.9 Å². The maximum Gasteiger partial charge on any atom is 0.324 e. The topological polar surface area (TPSA) is 175 Å². The van der Waals surface area contributed by atoms with Crippen LogP contribution in [0.1, 0.15) is 105 Å². The highest BCUT2D eigenvalue weighted by Crippen LogP contribution is 2.42. The van der Waals surface area contributed by atoms with Crippen LogP contribution in [0.25, 0.3) is 33.5 Å². The van der Waals surface area contributed by atoms with Crippen LogP contribution in [-0.2, 0) is 48.1 Å². The molecule has 0 aliphatic carbocycles. The number of ether oxygens (including phenoxy) is 1. The molecule has 0 radical (unpaired) electrons. The molecule has 7 rings (SSSR count). The number of aromatic nitrogens is 3. The Bertz CT molecular complexity index is 2650. The predicted molar refractivity (Wildman–Crippen MR) is 264 cm³/mol. The minimum atomic E-state index is -1.19. The molecule has 6 bridgehead atoms. The molecule has 69 heavy (non-hydrogen) atoms. The van der Waals surface area contributed by atoms with Gasteiger partial charge in [-0.15, -0.1) is 0 Å². The largest absolute Gasteiger partial charge is 0.464 e. The van der Waals surface area contributed by atoms with E-state index in [-0.39, 0.29) is 55.7 Å². The normalized spacial score (nSPS) is 20.4. The Morgan fingerprint density at radius 2 is 1.80 bits per heavy atom. The number of rotatable bonds is 9. The lowest BCUT2D eigenvalue weighted by molar-refractivity contribution is -0.155. The van der Waals surface area contributed by atoms with Crippen molar-refractivity contribution in [2.45, 2.75) is 131 Å². The number of amides is 4. The summed E-state index contributed by atoms with van der Waals surface area (Å²) in [4.78, 5) is 84.8. The van der Waals surface area contributed by atoms with Crippen molar-refractivity contribution in [2.75, 3.05) is 47.4 Å². The lowest BCUT2D eigenvalue weighted by Gasteiger charge is -2.36. The van der Waals surface area contributed by atoms with Gasteiger partial charge in [-0.05, 0) is 114 Å². The number of nitrogens with zero attached hydrogens (tertiary/aromatic N) is 7. The number of carbonyl (C=O) groups is 5. The fourth-order valence-corrected chi connectivity index (χ4v) is 9.73. The van der Waals surface area contributed by atoms with Gasteiger partial charge in [0.15, 0.2) is 11.7 Å². The second kappa shape index (κ2) is 20.5. The number of benzene rings is 1. The molecule has 0 spiro atoms. The maximum absolute atomic E-state index is 14.6. The Labute approximate surface area is 406 Å². The van der Waals surface area contributed by atoms with Gasteiger partial charge in [0.25, 0.3) is 11.8 Å². The second-order valence-electron chi connectivity index (χ2n) is 21.1. The van der Waals surface area contributed by atoms with Crippen LogP contribution < -0.4 is 10.7 Å². The van der Waals surface area contributed by atoms with E-state index in [1.54, 1.807) is 18.1 Å². The van der Waals surface area contributed by atoms with Crippen LogP contribution in [0, 0.1) is 29.1 Å². The minimum Gasteiger partial charge on any atom is -0.464 e. The summed E-state index contributed by atoms with van der Waals surface area (Å²) in [6.45, 7) is 19.8. The number of likely N-dealkylation sites (N-methyl/N-ethyl adjacent to an activating group) is 1. The highest BCUT2D eigenvalue weighted by molar-refractivity contribution is 5.97. The van der Waals surface area contributed by atoms with Crippen LogP contribution in [-0.4, -0.2) is 135 Å². The lowest BCUT2D eigenvalue weighted by Crippen LogP contribution is -2.62. The van der Waals surface area contributed by atoms with Gasteiger partial charge in [0.1, 0.15) is 18.1 Å². The van der Waals surface area contributed by atoms with Gasteiger partial charge >= 0.3 is 5.97 Å². The van der Waals surface area contributed by atoms with Crippen molar-refractivity contribution in [2.24, 2.45) is 17.3 Å². The third kappa shape index (κ3) is 10.9. The number of fused-ring (bicyclic) bond motifs is 6. The van der Waals surface area contributed by atoms with E-state index in [0.717, 1.165) is 39.0 Å². The smallest absolute Gasteiger partial charge is 0.324 e. The number of aryl methyl sites for hydroxylation is 1. The molecular weight excluding hydrogens is 875 g/mol. The Balaban J connectivity index is 1.21. The zero-order chi connectivity index (χ0) is 50.1. The third-order valence-electron chi connectivity index (χ3n) is 14.0. The van der Waals surface area contributed by atoms with Gasteiger partial charge in [-0.2, -0.15) is 0 Å². The summed E-state index contributed by atoms with van der Waals surface area (Å²) in [6.07, 6.45) is 5.35. The molecule has 2 saturated heterocycles. The van der Waals surface area contributed by atoms with E-state index in [9.17, 15) is 24.0 Å². The van der Waals surface area contributed by atoms with Crippen molar-refractivity contribution >= 4 is 40.5 Å². The van der Waals surface area contributed by atoms with Gasteiger partial charge in [-0.3, -0.25) is 38.9 Å². The van der Waals surface area contributed by atoms with E-state index in [1.165, 1.54) is 9.91 Å². The number of hydrogen-bond donors (Lipinski definition) is 2. The number of esters is 1. The van der Waals surface area contributed by atoms with Crippen molar-refractivity contribution in [1.82, 2.24) is 45.0 Å². The van der Waals surface area contributed by atoms with Crippen molar-refractivity contribution in [3.05, 3.63) is 59.9 Å². The summed E-state index contributed by atoms with van der Waals surface area (Å²) >= 11 is 0. The molecule has 16 nitrogen and oxygen atoms in total. The van der Waals surface area contributed by atoms with E-state index in [0.29, 0.717) is 44.5 Å². The molecule has 4 atom stereocenters. The van der Waals surface area contributed by atoms with Crippen LogP contribution in [0.2, 0.25) is 0 Å². The zero-order valence-electron chi connectivity index (χ0n) is 42.6. The highest BCUT2D eigenvalue weighted by atomic mass is 16.5. The number of hydrogen-bond acceptors (Lipinski definition) is 11. The number of hydrazine groups is 1. The van der Waals surface area contributed by atoms with Crippen molar-refractivity contribution in [3.63, 3.8) is 0 Å². The van der Waals surface area contributed by atoms with E-state index >= 15 is 0 Å². The molecular formula is C53H71N9O7. The predicted octanol–water partition coefficient (Wildman–Crippen LogP) is 5.83. The second-order valence-corrected chi connectivity index (χ2v) is 21.1. The van der Waals surface area contributed by atoms with Gasteiger partial charge < -0.3 is 28.8 Å². The van der Waals surface area contributed by atoms with Crippen LogP contribution in [0.4, 0.5) is 0 Å². The van der Waals surface area contributed by atoms with Crippen molar-refractivity contribution in [3.8, 4) is 34.4 Å². The molecule has 2 N–H and O–H groups in total. The van der Waals surface area contributed by atoms with Gasteiger partial charge in [0.05, 0.1) is 42.1 Å². The molecule has 16 heteroatoms. The summed E-state index contributed by atoms with van der Waals surface area (Å²) in [6, 6.07) is 7.37. The van der Waals surface area contributed by atoms with Gasteiger partial charge in [-0.25, -0.2) is 10.4 Å². The zero-order valence-corrected chi connectivity index (χ0v) is 42.6. The average Bonchev–Trinajstić information content (AvgIpc) is 4.07. The summed E-state index contributed by atoms with van der Waals surface area (Å²) in [7, 11) is 5.38. The summed E-state index contributed by atoms with van der Waals surface area (Å²) in [5.41, 5.74) is 8.17. The molecule has 0 unspecified atom stereocenters. The Kier molecular flexibility index (Phi) is 15.1. The minimum absolute atomic E-state index is 0.108. The Hall–Kier alpha value is -6.05. The molecule has 4 amide bonds. The van der Waals surface area contributed by atoms with Crippen LogP contribution in [0.5, 0.6) is 0 Å². The first-order valence-electron chi connectivity index (χ1n) is 24.5. The third-order valence-corrected chi connectivity index (χ3v) is 14.0. The van der Waals surface area contributed by atoms with Gasteiger partial charge in [-0.1, -0.05) is 47.5 Å². The first kappa shape index (κ1) is 50.8. The number of cyclic esters (lactones) is 1. The molecule has 2 fully saturated rings. The monoisotopic (exact) mass is 946 g/mol. The molecule has 1 aromatic carbocycles. The van der Waals surface area contributed by atoms with Crippen LogP contribution in [0.15, 0.2) is 47.1 Å². The molecule has 370 valence electrons. The molecule has 3 aromatic heterocycles. The molecule has 6 heterocycles. The van der Waals surface area contributed by atoms with E-state index in [1.807, 2.05) is 65.0 Å². The molecule has 3 aliphatic rings. The van der Waals surface area contributed by atoms with Crippen molar-refractivity contribution in [1.29, 1.82) is 0 Å². The quantitative estimate of drug-likeness (QED) is 0.153. The maximum atomic E-state index is 14.6. The van der Waals surface area contributed by atoms with Crippen LogP contribution >= 0.6 is 0 Å². The lowest BCUT2D eigenvalue weighted by atomic mass is 9.84. The number of pyridine rings is 1. The number of oxazole rings is 1. The number of nitrogens with one attached hydrogen (secondary N) is 2. The van der Waals surface area contributed by atoms with E-state index < -0.39 is 52.8 Å². The fourth-order valence-electron chi connectivity index (χ4n) is 9.73.